The molecule has 0 unspecified atom stereocenters. The summed E-state index contributed by atoms with van der Waals surface area (Å²) in [5.74, 6) is 0.119. The first-order chi connectivity index (χ1) is 7.54. The van der Waals surface area contributed by atoms with Gasteiger partial charge < -0.3 is 4.74 Å². The second-order valence-corrected chi connectivity index (χ2v) is 5.21. The topological polar surface area (TPSA) is 52.1 Å². The van der Waals surface area contributed by atoms with Gasteiger partial charge in [-0.3, -0.25) is 0 Å². The zero-order valence-corrected chi connectivity index (χ0v) is 10.7. The van der Waals surface area contributed by atoms with Crippen molar-refractivity contribution in [1.82, 2.24) is 10.2 Å². The Kier molecular flexibility index (Phi) is 4.73. The third kappa shape index (κ3) is 3.48. The van der Waals surface area contributed by atoms with Crippen LogP contribution in [-0.2, 0) is 4.74 Å². The Bertz CT molecular complexity index is 352. The SMILES string of the molecule is COC(=O)c1ccc(S[C@@H](C)C(C)C)nn1. The van der Waals surface area contributed by atoms with Crippen molar-refractivity contribution in [1.29, 1.82) is 0 Å². The molecule has 1 rings (SSSR count). The van der Waals surface area contributed by atoms with E-state index in [0.717, 1.165) is 5.03 Å². The molecular formula is C11H16N2O2S. The van der Waals surface area contributed by atoms with Crippen molar-refractivity contribution in [3.8, 4) is 0 Å². The highest BCUT2D eigenvalue weighted by molar-refractivity contribution is 7.99. The molecule has 1 heterocycles. The van der Waals surface area contributed by atoms with E-state index in [4.69, 9.17) is 0 Å². The van der Waals surface area contributed by atoms with Crippen LogP contribution in [0.5, 0.6) is 0 Å². The quantitative estimate of drug-likeness (QED) is 0.597. The van der Waals surface area contributed by atoms with Gasteiger partial charge in [-0.25, -0.2) is 4.79 Å². The van der Waals surface area contributed by atoms with Gasteiger partial charge in [0.15, 0.2) is 5.69 Å². The molecule has 1 atom stereocenters. The average molecular weight is 240 g/mol. The molecule has 0 fully saturated rings. The molecule has 88 valence electrons. The van der Waals surface area contributed by atoms with E-state index in [1.807, 2.05) is 0 Å². The molecule has 0 bridgehead atoms. The van der Waals surface area contributed by atoms with Crippen molar-refractivity contribution < 1.29 is 9.53 Å². The first-order valence-corrected chi connectivity index (χ1v) is 6.01. The van der Waals surface area contributed by atoms with Crippen LogP contribution in [0.25, 0.3) is 0 Å². The van der Waals surface area contributed by atoms with E-state index < -0.39 is 5.97 Å². The normalized spacial score (nSPS) is 12.6. The molecule has 1 aromatic heterocycles. The van der Waals surface area contributed by atoms with E-state index in [1.54, 1.807) is 23.9 Å². The zero-order valence-electron chi connectivity index (χ0n) is 9.93. The summed E-state index contributed by atoms with van der Waals surface area (Å²) in [5.41, 5.74) is 0.240. The maximum atomic E-state index is 11.1. The van der Waals surface area contributed by atoms with Crippen molar-refractivity contribution in [2.24, 2.45) is 5.92 Å². The summed E-state index contributed by atoms with van der Waals surface area (Å²) in [6, 6.07) is 3.43. The molecule has 0 radical (unpaired) electrons. The van der Waals surface area contributed by atoms with Crippen LogP contribution in [0.1, 0.15) is 31.3 Å². The molecule has 0 saturated heterocycles. The largest absolute Gasteiger partial charge is 0.464 e. The number of carbonyl (C=O) groups excluding carboxylic acids is 1. The molecule has 4 nitrogen and oxygen atoms in total. The van der Waals surface area contributed by atoms with Crippen molar-refractivity contribution in [2.45, 2.75) is 31.0 Å². The van der Waals surface area contributed by atoms with Crippen LogP contribution in [0, 0.1) is 5.92 Å². The summed E-state index contributed by atoms with van der Waals surface area (Å²) in [6.45, 7) is 6.47. The highest BCUT2D eigenvalue weighted by atomic mass is 32.2. The van der Waals surface area contributed by atoms with Crippen LogP contribution >= 0.6 is 11.8 Å². The van der Waals surface area contributed by atoms with Crippen LogP contribution in [0.2, 0.25) is 0 Å². The first kappa shape index (κ1) is 13.0. The Labute approximate surface area is 99.8 Å². The lowest BCUT2D eigenvalue weighted by molar-refractivity contribution is 0.0592. The third-order valence-electron chi connectivity index (χ3n) is 2.28. The van der Waals surface area contributed by atoms with E-state index in [9.17, 15) is 4.79 Å². The molecule has 0 spiro atoms. The third-order valence-corrected chi connectivity index (χ3v) is 3.66. The van der Waals surface area contributed by atoms with Gasteiger partial charge in [-0.05, 0) is 18.1 Å². The van der Waals surface area contributed by atoms with E-state index in [2.05, 4.69) is 35.7 Å². The molecule has 0 N–H and O–H groups in total. The number of carbonyl (C=O) groups is 1. The predicted molar refractivity (Wildman–Crippen MR) is 63.5 cm³/mol. The van der Waals surface area contributed by atoms with Crippen LogP contribution in [0.4, 0.5) is 0 Å². The molecule has 5 heteroatoms. The number of nitrogens with zero attached hydrogens (tertiary/aromatic N) is 2. The van der Waals surface area contributed by atoms with Gasteiger partial charge in [-0.15, -0.1) is 22.0 Å². The molecule has 0 saturated carbocycles. The Morgan fingerprint density at radius 2 is 2.00 bits per heavy atom. The minimum Gasteiger partial charge on any atom is -0.464 e. The second kappa shape index (κ2) is 5.84. The number of ether oxygens (including phenoxy) is 1. The van der Waals surface area contributed by atoms with E-state index in [1.165, 1.54) is 7.11 Å². The van der Waals surface area contributed by atoms with Crippen LogP contribution in [0.15, 0.2) is 17.2 Å². The van der Waals surface area contributed by atoms with Gasteiger partial charge in [0.25, 0.3) is 0 Å². The number of hydrogen-bond donors (Lipinski definition) is 0. The van der Waals surface area contributed by atoms with Gasteiger partial charge in [-0.1, -0.05) is 20.8 Å². The molecule has 0 aromatic carbocycles. The Morgan fingerprint density at radius 1 is 1.31 bits per heavy atom. The number of rotatable bonds is 4. The zero-order chi connectivity index (χ0) is 12.1. The van der Waals surface area contributed by atoms with Gasteiger partial charge in [0.05, 0.1) is 7.11 Å². The van der Waals surface area contributed by atoms with Gasteiger partial charge >= 0.3 is 5.97 Å². The fourth-order valence-corrected chi connectivity index (χ4v) is 1.81. The van der Waals surface area contributed by atoms with Gasteiger partial charge in [0.1, 0.15) is 5.03 Å². The summed E-state index contributed by atoms with van der Waals surface area (Å²) in [6.07, 6.45) is 0. The number of methoxy groups -OCH3 is 1. The molecule has 16 heavy (non-hydrogen) atoms. The lowest BCUT2D eigenvalue weighted by atomic mass is 10.2. The van der Waals surface area contributed by atoms with Crippen molar-refractivity contribution in [3.63, 3.8) is 0 Å². The monoisotopic (exact) mass is 240 g/mol. The Hall–Kier alpha value is -1.10. The van der Waals surface area contributed by atoms with Crippen molar-refractivity contribution in [3.05, 3.63) is 17.8 Å². The number of esters is 1. The number of thioether (sulfide) groups is 1. The average Bonchev–Trinajstić information content (AvgIpc) is 2.28. The molecule has 0 aliphatic heterocycles. The highest BCUT2D eigenvalue weighted by Gasteiger charge is 2.12. The molecular weight excluding hydrogens is 224 g/mol. The van der Waals surface area contributed by atoms with Crippen molar-refractivity contribution in [2.75, 3.05) is 7.11 Å². The molecule has 0 aliphatic rings. The fraction of sp³-hybridized carbons (Fsp3) is 0.545. The van der Waals surface area contributed by atoms with E-state index in [0.29, 0.717) is 11.2 Å². The fourth-order valence-electron chi connectivity index (χ4n) is 0.923. The number of aromatic nitrogens is 2. The maximum absolute atomic E-state index is 11.1. The first-order valence-electron chi connectivity index (χ1n) is 5.13. The molecule has 1 aromatic rings. The maximum Gasteiger partial charge on any atom is 0.358 e. The van der Waals surface area contributed by atoms with Crippen LogP contribution in [-0.4, -0.2) is 28.5 Å². The summed E-state index contributed by atoms with van der Waals surface area (Å²) in [7, 11) is 1.33. The van der Waals surface area contributed by atoms with Crippen LogP contribution in [0.3, 0.4) is 0 Å². The highest BCUT2D eigenvalue weighted by Crippen LogP contribution is 2.25. The van der Waals surface area contributed by atoms with Gasteiger partial charge in [-0.2, -0.15) is 0 Å². The standard InChI is InChI=1S/C11H16N2O2S/c1-7(2)8(3)16-10-6-5-9(12-13-10)11(14)15-4/h5-8H,1-4H3/t8-/m0/s1. The smallest absolute Gasteiger partial charge is 0.358 e. The number of hydrogen-bond acceptors (Lipinski definition) is 5. The molecule has 0 aliphatic carbocycles. The van der Waals surface area contributed by atoms with Crippen LogP contribution < -0.4 is 0 Å². The molecule has 0 amide bonds. The summed E-state index contributed by atoms with van der Waals surface area (Å²) < 4.78 is 4.55. The minimum absolute atomic E-state index is 0.240. The summed E-state index contributed by atoms with van der Waals surface area (Å²) >= 11 is 1.65. The predicted octanol–water partition coefficient (Wildman–Crippen LogP) is 2.40. The lowest BCUT2D eigenvalue weighted by Crippen LogP contribution is -2.08. The van der Waals surface area contributed by atoms with E-state index in [-0.39, 0.29) is 5.69 Å². The second-order valence-electron chi connectivity index (χ2n) is 3.82. The lowest BCUT2D eigenvalue weighted by Gasteiger charge is -2.13. The van der Waals surface area contributed by atoms with Gasteiger partial charge in [0, 0.05) is 5.25 Å². The summed E-state index contributed by atoms with van der Waals surface area (Å²) in [5, 5.41) is 9.10. The Morgan fingerprint density at radius 3 is 2.44 bits per heavy atom. The van der Waals surface area contributed by atoms with Gasteiger partial charge in [0.2, 0.25) is 0 Å². The van der Waals surface area contributed by atoms with Crippen molar-refractivity contribution >= 4 is 17.7 Å². The Balaban J connectivity index is 2.68. The van der Waals surface area contributed by atoms with E-state index >= 15 is 0 Å². The minimum atomic E-state index is -0.457. The summed E-state index contributed by atoms with van der Waals surface area (Å²) in [4.78, 5) is 11.1.